The second-order valence-corrected chi connectivity index (χ2v) is 5.82. The molecule has 0 saturated heterocycles. The summed E-state index contributed by atoms with van der Waals surface area (Å²) >= 11 is 0. The predicted octanol–water partition coefficient (Wildman–Crippen LogP) is 0.777. The first-order valence-electron chi connectivity index (χ1n) is 4.81. The van der Waals surface area contributed by atoms with Gasteiger partial charge in [-0.2, -0.15) is 0 Å². The van der Waals surface area contributed by atoms with Crippen molar-refractivity contribution in [3.05, 3.63) is 30.1 Å². The van der Waals surface area contributed by atoms with Gasteiger partial charge in [-0.3, -0.25) is 4.98 Å². The largest absolute Gasteiger partial charge is 0.308 e. The first kappa shape index (κ1) is 12.1. The van der Waals surface area contributed by atoms with Crippen molar-refractivity contribution >= 4 is 9.84 Å². The molecule has 0 fully saturated rings. The van der Waals surface area contributed by atoms with Crippen LogP contribution >= 0.6 is 0 Å². The van der Waals surface area contributed by atoms with Crippen LogP contribution in [0.4, 0.5) is 0 Å². The van der Waals surface area contributed by atoms with Crippen LogP contribution in [0.3, 0.4) is 0 Å². The number of hydrogen-bond donors (Lipinski definition) is 1. The zero-order valence-electron chi connectivity index (χ0n) is 8.97. The van der Waals surface area contributed by atoms with E-state index in [0.29, 0.717) is 6.54 Å². The smallest absolute Gasteiger partial charge is 0.148 e. The molecule has 0 radical (unpaired) electrons. The van der Waals surface area contributed by atoms with E-state index in [1.165, 1.54) is 6.26 Å². The van der Waals surface area contributed by atoms with Gasteiger partial charge in [0.1, 0.15) is 9.84 Å². The average Bonchev–Trinajstić information content (AvgIpc) is 2.17. The van der Waals surface area contributed by atoms with Gasteiger partial charge in [0, 0.05) is 25.0 Å². The van der Waals surface area contributed by atoms with E-state index in [1.807, 2.05) is 25.1 Å². The fraction of sp³-hybridized carbons (Fsp3) is 0.500. The number of nitrogens with one attached hydrogen (secondary N) is 1. The van der Waals surface area contributed by atoms with Crippen molar-refractivity contribution in [1.29, 1.82) is 0 Å². The number of sulfone groups is 1. The van der Waals surface area contributed by atoms with Crippen molar-refractivity contribution in [2.75, 3.05) is 18.6 Å². The Kier molecular flexibility index (Phi) is 4.23. The molecule has 5 heteroatoms. The summed E-state index contributed by atoms with van der Waals surface area (Å²) in [5.74, 6) is 0.157. The van der Waals surface area contributed by atoms with Gasteiger partial charge in [-0.05, 0) is 19.1 Å². The highest BCUT2D eigenvalue weighted by Gasteiger charge is 2.07. The van der Waals surface area contributed by atoms with E-state index in [0.717, 1.165) is 5.69 Å². The van der Waals surface area contributed by atoms with E-state index in [-0.39, 0.29) is 11.8 Å². The highest BCUT2D eigenvalue weighted by molar-refractivity contribution is 7.90. The second kappa shape index (κ2) is 5.23. The minimum Gasteiger partial charge on any atom is -0.308 e. The lowest BCUT2D eigenvalue weighted by atomic mass is 10.2. The molecule has 0 aromatic carbocycles. The van der Waals surface area contributed by atoms with Crippen LogP contribution in [0.5, 0.6) is 0 Å². The van der Waals surface area contributed by atoms with E-state index in [4.69, 9.17) is 0 Å². The van der Waals surface area contributed by atoms with Crippen molar-refractivity contribution in [3.63, 3.8) is 0 Å². The molecule has 0 unspecified atom stereocenters. The first-order chi connectivity index (χ1) is 6.99. The fourth-order valence-corrected chi connectivity index (χ4v) is 1.69. The monoisotopic (exact) mass is 228 g/mol. The second-order valence-electron chi connectivity index (χ2n) is 3.56. The van der Waals surface area contributed by atoms with Crippen LogP contribution in [0.15, 0.2) is 24.4 Å². The van der Waals surface area contributed by atoms with Crippen LogP contribution in [0.25, 0.3) is 0 Å². The van der Waals surface area contributed by atoms with Crippen molar-refractivity contribution < 1.29 is 8.42 Å². The summed E-state index contributed by atoms with van der Waals surface area (Å²) in [4.78, 5) is 4.18. The molecule has 84 valence electrons. The van der Waals surface area contributed by atoms with Gasteiger partial charge in [0.15, 0.2) is 0 Å². The van der Waals surface area contributed by atoms with Gasteiger partial charge in [-0.15, -0.1) is 0 Å². The molecule has 1 heterocycles. The normalized spacial score (nSPS) is 13.7. The summed E-state index contributed by atoms with van der Waals surface area (Å²) in [5.41, 5.74) is 0.922. The van der Waals surface area contributed by atoms with E-state index >= 15 is 0 Å². The Balaban J connectivity index is 2.41. The zero-order chi connectivity index (χ0) is 11.3. The van der Waals surface area contributed by atoms with Crippen LogP contribution in [-0.4, -0.2) is 32.0 Å². The molecule has 0 aliphatic heterocycles. The first-order valence-corrected chi connectivity index (χ1v) is 6.87. The molecule has 1 N–H and O–H groups in total. The number of nitrogens with zero attached hydrogens (tertiary/aromatic N) is 1. The predicted molar refractivity (Wildman–Crippen MR) is 60.4 cm³/mol. The highest BCUT2D eigenvalue weighted by Crippen LogP contribution is 2.06. The maximum atomic E-state index is 10.9. The van der Waals surface area contributed by atoms with Crippen LogP contribution in [0.2, 0.25) is 0 Å². The standard InChI is InChI=1S/C10H16N2O2S/c1-9(10-5-3-4-6-12-10)11-7-8-15(2,13)14/h3-6,9,11H,7-8H2,1-2H3/t9-/m0/s1. The third-order valence-electron chi connectivity index (χ3n) is 2.05. The summed E-state index contributed by atoms with van der Waals surface area (Å²) in [6.45, 7) is 2.42. The average molecular weight is 228 g/mol. The van der Waals surface area contributed by atoms with E-state index in [1.54, 1.807) is 6.20 Å². The third-order valence-corrected chi connectivity index (χ3v) is 3.00. The van der Waals surface area contributed by atoms with Crippen molar-refractivity contribution in [2.24, 2.45) is 0 Å². The van der Waals surface area contributed by atoms with Crippen molar-refractivity contribution in [1.82, 2.24) is 10.3 Å². The lowest BCUT2D eigenvalue weighted by molar-refractivity contribution is 0.568. The van der Waals surface area contributed by atoms with Crippen LogP contribution in [0.1, 0.15) is 18.7 Å². The summed E-state index contributed by atoms with van der Waals surface area (Å²) < 4.78 is 21.8. The Morgan fingerprint density at radius 2 is 2.20 bits per heavy atom. The molecule has 0 aliphatic rings. The summed E-state index contributed by atoms with van der Waals surface area (Å²) in [6.07, 6.45) is 2.96. The Morgan fingerprint density at radius 1 is 1.47 bits per heavy atom. The van der Waals surface area contributed by atoms with Crippen molar-refractivity contribution in [2.45, 2.75) is 13.0 Å². The van der Waals surface area contributed by atoms with Gasteiger partial charge in [0.2, 0.25) is 0 Å². The summed E-state index contributed by atoms with van der Waals surface area (Å²) in [7, 11) is -2.88. The molecule has 0 bridgehead atoms. The molecule has 15 heavy (non-hydrogen) atoms. The molecule has 1 rings (SSSR count). The molecule has 0 spiro atoms. The molecule has 0 amide bonds. The number of rotatable bonds is 5. The van der Waals surface area contributed by atoms with E-state index in [2.05, 4.69) is 10.3 Å². The van der Waals surface area contributed by atoms with Gasteiger partial charge in [-0.25, -0.2) is 8.42 Å². The Bertz CT molecular complexity index is 389. The third kappa shape index (κ3) is 4.90. The summed E-state index contributed by atoms with van der Waals surface area (Å²) in [5, 5.41) is 3.11. The maximum absolute atomic E-state index is 10.9. The number of hydrogen-bond acceptors (Lipinski definition) is 4. The van der Waals surface area contributed by atoms with Crippen LogP contribution in [-0.2, 0) is 9.84 Å². The Hall–Kier alpha value is -0.940. The Morgan fingerprint density at radius 3 is 2.73 bits per heavy atom. The van der Waals surface area contributed by atoms with Gasteiger partial charge in [0.05, 0.1) is 11.4 Å². The number of pyridine rings is 1. The molecular weight excluding hydrogens is 212 g/mol. The van der Waals surface area contributed by atoms with Crippen LogP contribution in [0, 0.1) is 0 Å². The molecule has 1 atom stereocenters. The zero-order valence-corrected chi connectivity index (χ0v) is 9.79. The molecule has 0 aliphatic carbocycles. The van der Waals surface area contributed by atoms with Gasteiger partial charge >= 0.3 is 0 Å². The molecular formula is C10H16N2O2S. The lowest BCUT2D eigenvalue weighted by Crippen LogP contribution is -2.25. The quantitative estimate of drug-likeness (QED) is 0.809. The highest BCUT2D eigenvalue weighted by atomic mass is 32.2. The fourth-order valence-electron chi connectivity index (χ4n) is 1.20. The van der Waals surface area contributed by atoms with E-state index in [9.17, 15) is 8.42 Å². The molecule has 4 nitrogen and oxygen atoms in total. The number of aromatic nitrogens is 1. The minimum atomic E-state index is -2.88. The molecule has 1 aromatic heterocycles. The summed E-state index contributed by atoms with van der Waals surface area (Å²) in [6, 6.07) is 5.76. The van der Waals surface area contributed by atoms with Gasteiger partial charge in [0.25, 0.3) is 0 Å². The molecule has 0 saturated carbocycles. The van der Waals surface area contributed by atoms with Crippen LogP contribution < -0.4 is 5.32 Å². The lowest BCUT2D eigenvalue weighted by Gasteiger charge is -2.12. The van der Waals surface area contributed by atoms with E-state index < -0.39 is 9.84 Å². The topological polar surface area (TPSA) is 59.1 Å². The Labute approximate surface area is 90.7 Å². The van der Waals surface area contributed by atoms with Crippen molar-refractivity contribution in [3.8, 4) is 0 Å². The van der Waals surface area contributed by atoms with Gasteiger partial charge in [-0.1, -0.05) is 6.07 Å². The SMILES string of the molecule is C[C@H](NCCS(C)(=O)=O)c1ccccn1. The van der Waals surface area contributed by atoms with Gasteiger partial charge < -0.3 is 5.32 Å². The minimum absolute atomic E-state index is 0.0768. The maximum Gasteiger partial charge on any atom is 0.148 e. The molecule has 1 aromatic rings.